The van der Waals surface area contributed by atoms with Gasteiger partial charge in [0.25, 0.3) is 5.56 Å². The van der Waals surface area contributed by atoms with Crippen molar-refractivity contribution < 1.29 is 0 Å². The molecule has 0 atom stereocenters. The molecule has 1 heterocycles. The van der Waals surface area contributed by atoms with Crippen LogP contribution >= 0.6 is 11.6 Å². The maximum absolute atomic E-state index is 12.7. The highest BCUT2D eigenvalue weighted by Crippen LogP contribution is 2.22. The summed E-state index contributed by atoms with van der Waals surface area (Å²) in [5.41, 5.74) is 3.83. The molecule has 3 nitrogen and oxygen atoms in total. The van der Waals surface area contributed by atoms with Gasteiger partial charge in [-0.25, -0.2) is 0 Å². The van der Waals surface area contributed by atoms with Gasteiger partial charge in [-0.1, -0.05) is 47.5 Å². The summed E-state index contributed by atoms with van der Waals surface area (Å²) in [4.78, 5) is 12.7. The molecule has 106 valence electrons. The van der Waals surface area contributed by atoms with Crippen LogP contribution in [0.3, 0.4) is 0 Å². The van der Waals surface area contributed by atoms with Gasteiger partial charge in [-0.3, -0.25) is 4.79 Å². The first-order valence-corrected chi connectivity index (χ1v) is 7.12. The third-order valence-corrected chi connectivity index (χ3v) is 3.89. The molecular formula is C17H15ClN2O. The molecule has 0 saturated carbocycles. The van der Waals surface area contributed by atoms with Crippen molar-refractivity contribution in [3.63, 3.8) is 0 Å². The number of fused-ring (bicyclic) bond motifs is 1. The Balaban J connectivity index is 2.42. The normalized spacial score (nSPS) is 11.0. The molecule has 0 fully saturated rings. The summed E-state index contributed by atoms with van der Waals surface area (Å²) in [6, 6.07) is 11.4. The van der Waals surface area contributed by atoms with E-state index in [0.717, 1.165) is 22.4 Å². The van der Waals surface area contributed by atoms with E-state index in [1.807, 2.05) is 51.1 Å². The molecule has 0 amide bonds. The second-order valence-corrected chi connectivity index (χ2v) is 5.66. The number of aromatic nitrogens is 2. The molecule has 2 aromatic carbocycles. The van der Waals surface area contributed by atoms with Gasteiger partial charge >= 0.3 is 0 Å². The molecule has 0 unspecified atom stereocenters. The molecule has 0 saturated heterocycles. The predicted octanol–water partition coefficient (Wildman–Crippen LogP) is 3.96. The van der Waals surface area contributed by atoms with E-state index in [1.54, 1.807) is 6.07 Å². The van der Waals surface area contributed by atoms with Crippen molar-refractivity contribution in [1.29, 1.82) is 0 Å². The average Bonchev–Trinajstić information content (AvgIpc) is 2.43. The SMILES string of the molecule is Cc1cc(C)c(-n2nc(Cl)c3ccccc3c2=O)c(C)c1. The molecular weight excluding hydrogens is 284 g/mol. The fraction of sp³-hybridized carbons (Fsp3) is 0.176. The van der Waals surface area contributed by atoms with E-state index in [2.05, 4.69) is 5.10 Å². The topological polar surface area (TPSA) is 34.9 Å². The minimum absolute atomic E-state index is 0.148. The molecule has 0 N–H and O–H groups in total. The number of nitrogens with zero attached hydrogens (tertiary/aromatic N) is 2. The number of aryl methyl sites for hydroxylation is 3. The van der Waals surface area contributed by atoms with Gasteiger partial charge in [0.15, 0.2) is 5.15 Å². The second kappa shape index (κ2) is 5.01. The molecule has 1 aromatic heterocycles. The Morgan fingerprint density at radius 2 is 1.57 bits per heavy atom. The third-order valence-electron chi connectivity index (χ3n) is 3.61. The maximum Gasteiger partial charge on any atom is 0.279 e. The van der Waals surface area contributed by atoms with Crippen molar-refractivity contribution in [2.75, 3.05) is 0 Å². The van der Waals surface area contributed by atoms with Gasteiger partial charge in [-0.15, -0.1) is 0 Å². The fourth-order valence-electron chi connectivity index (χ4n) is 2.81. The lowest BCUT2D eigenvalue weighted by Crippen LogP contribution is -2.23. The van der Waals surface area contributed by atoms with Crippen LogP contribution in [0.1, 0.15) is 16.7 Å². The third kappa shape index (κ3) is 2.24. The van der Waals surface area contributed by atoms with Crippen molar-refractivity contribution in [2.45, 2.75) is 20.8 Å². The van der Waals surface area contributed by atoms with E-state index in [1.165, 1.54) is 4.68 Å². The Bertz CT molecular complexity index is 889. The van der Waals surface area contributed by atoms with Crippen molar-refractivity contribution in [1.82, 2.24) is 9.78 Å². The molecule has 3 aromatic rings. The van der Waals surface area contributed by atoms with Gasteiger partial charge in [0.05, 0.1) is 11.1 Å². The first kappa shape index (κ1) is 13.8. The molecule has 21 heavy (non-hydrogen) atoms. The lowest BCUT2D eigenvalue weighted by atomic mass is 10.1. The van der Waals surface area contributed by atoms with Gasteiger partial charge < -0.3 is 0 Å². The summed E-state index contributed by atoms with van der Waals surface area (Å²) in [5.74, 6) is 0. The van der Waals surface area contributed by atoms with E-state index in [4.69, 9.17) is 11.6 Å². The van der Waals surface area contributed by atoms with E-state index < -0.39 is 0 Å². The van der Waals surface area contributed by atoms with Crippen molar-refractivity contribution in [3.05, 3.63) is 68.6 Å². The molecule has 0 radical (unpaired) electrons. The summed E-state index contributed by atoms with van der Waals surface area (Å²) in [5, 5.41) is 5.89. The summed E-state index contributed by atoms with van der Waals surface area (Å²) < 4.78 is 1.41. The van der Waals surface area contributed by atoms with Crippen LogP contribution in [0.2, 0.25) is 5.15 Å². The first-order chi connectivity index (χ1) is 9.99. The van der Waals surface area contributed by atoms with Gasteiger partial charge in [0.2, 0.25) is 0 Å². The lowest BCUT2D eigenvalue weighted by molar-refractivity contribution is 0.809. The van der Waals surface area contributed by atoms with Crippen LogP contribution in [-0.2, 0) is 0 Å². The molecule has 0 bridgehead atoms. The van der Waals surface area contributed by atoms with Crippen LogP contribution in [0.15, 0.2) is 41.2 Å². The Hall–Kier alpha value is -2.13. The highest BCUT2D eigenvalue weighted by atomic mass is 35.5. The summed E-state index contributed by atoms with van der Waals surface area (Å²) in [6.45, 7) is 5.99. The van der Waals surface area contributed by atoms with Crippen LogP contribution in [0.25, 0.3) is 16.5 Å². The van der Waals surface area contributed by atoms with Crippen LogP contribution in [0.5, 0.6) is 0 Å². The van der Waals surface area contributed by atoms with Crippen LogP contribution < -0.4 is 5.56 Å². The van der Waals surface area contributed by atoms with Gasteiger partial charge in [0, 0.05) is 5.39 Å². The van der Waals surface area contributed by atoms with E-state index in [9.17, 15) is 4.79 Å². The Morgan fingerprint density at radius 3 is 2.19 bits per heavy atom. The largest absolute Gasteiger partial charge is 0.279 e. The molecule has 0 aliphatic carbocycles. The number of hydrogen-bond donors (Lipinski definition) is 0. The monoisotopic (exact) mass is 298 g/mol. The van der Waals surface area contributed by atoms with Crippen molar-refractivity contribution >= 4 is 22.4 Å². The highest BCUT2D eigenvalue weighted by Gasteiger charge is 2.13. The minimum Gasteiger partial charge on any atom is -0.267 e. The van der Waals surface area contributed by atoms with Crippen molar-refractivity contribution in [2.24, 2.45) is 0 Å². The lowest BCUT2D eigenvalue weighted by Gasteiger charge is -2.14. The highest BCUT2D eigenvalue weighted by molar-refractivity contribution is 6.34. The fourth-order valence-corrected chi connectivity index (χ4v) is 3.05. The molecule has 4 heteroatoms. The number of halogens is 1. The maximum atomic E-state index is 12.7. The minimum atomic E-state index is -0.148. The van der Waals surface area contributed by atoms with E-state index >= 15 is 0 Å². The molecule has 0 spiro atoms. The van der Waals surface area contributed by atoms with E-state index in [-0.39, 0.29) is 5.56 Å². The predicted molar refractivity (Wildman–Crippen MR) is 86.6 cm³/mol. The van der Waals surface area contributed by atoms with E-state index in [0.29, 0.717) is 15.9 Å². The zero-order valence-corrected chi connectivity index (χ0v) is 12.9. The van der Waals surface area contributed by atoms with Gasteiger partial charge in [-0.2, -0.15) is 9.78 Å². The van der Waals surface area contributed by atoms with Crippen LogP contribution in [0, 0.1) is 20.8 Å². The van der Waals surface area contributed by atoms with Gasteiger partial charge in [-0.05, 0) is 38.0 Å². The first-order valence-electron chi connectivity index (χ1n) is 6.75. The molecule has 3 rings (SSSR count). The quantitative estimate of drug-likeness (QED) is 0.681. The molecule has 0 aliphatic heterocycles. The number of benzene rings is 2. The summed E-state index contributed by atoms with van der Waals surface area (Å²) >= 11 is 6.25. The number of rotatable bonds is 1. The van der Waals surface area contributed by atoms with Crippen LogP contribution in [0.4, 0.5) is 0 Å². The Morgan fingerprint density at radius 1 is 1.00 bits per heavy atom. The smallest absolute Gasteiger partial charge is 0.267 e. The average molecular weight is 299 g/mol. The summed E-state index contributed by atoms with van der Waals surface area (Å²) in [6.07, 6.45) is 0. The van der Waals surface area contributed by atoms with Crippen LogP contribution in [-0.4, -0.2) is 9.78 Å². The van der Waals surface area contributed by atoms with Gasteiger partial charge in [0.1, 0.15) is 0 Å². The second-order valence-electron chi connectivity index (χ2n) is 5.30. The number of hydrogen-bond acceptors (Lipinski definition) is 2. The standard InChI is InChI=1S/C17H15ClN2O/c1-10-8-11(2)15(12(3)9-10)20-17(21)14-7-5-4-6-13(14)16(18)19-20/h4-9H,1-3H3. The molecule has 0 aliphatic rings. The zero-order valence-electron chi connectivity index (χ0n) is 12.1. The Labute approximate surface area is 127 Å². The Kier molecular flexibility index (Phi) is 3.30. The summed E-state index contributed by atoms with van der Waals surface area (Å²) in [7, 11) is 0. The van der Waals surface area contributed by atoms with Crippen molar-refractivity contribution in [3.8, 4) is 5.69 Å². The zero-order chi connectivity index (χ0) is 15.1.